The lowest BCUT2D eigenvalue weighted by Crippen LogP contribution is -2.38. The van der Waals surface area contributed by atoms with Crippen molar-refractivity contribution in [3.8, 4) is 6.07 Å². The summed E-state index contributed by atoms with van der Waals surface area (Å²) in [7, 11) is 0. The maximum absolute atomic E-state index is 12.1. The van der Waals surface area contributed by atoms with Crippen molar-refractivity contribution in [2.45, 2.75) is 18.9 Å². The lowest BCUT2D eigenvalue weighted by Gasteiger charge is -2.32. The van der Waals surface area contributed by atoms with Gasteiger partial charge in [-0.05, 0) is 12.1 Å². The average molecular weight is 352 g/mol. The predicted molar refractivity (Wildman–Crippen MR) is 92.7 cm³/mol. The molecule has 1 aromatic carbocycles. The maximum atomic E-state index is 12.1. The van der Waals surface area contributed by atoms with Crippen molar-refractivity contribution in [3.63, 3.8) is 0 Å². The van der Waals surface area contributed by atoms with Crippen molar-refractivity contribution >= 4 is 17.5 Å². The summed E-state index contributed by atoms with van der Waals surface area (Å²) in [5, 5.41) is 20.1. The molecule has 132 valence electrons. The molecule has 0 amide bonds. The molecule has 8 nitrogen and oxygen atoms in total. The number of esters is 1. The second-order valence-electron chi connectivity index (χ2n) is 5.89. The minimum Gasteiger partial charge on any atom is -0.459 e. The largest absolute Gasteiger partial charge is 0.459 e. The summed E-state index contributed by atoms with van der Waals surface area (Å²) in [6.07, 6.45) is 2.14. The molecule has 0 N–H and O–H groups in total. The van der Waals surface area contributed by atoms with E-state index in [1.54, 1.807) is 24.3 Å². The number of carbonyl (C=O) groups is 1. The van der Waals surface area contributed by atoms with Gasteiger partial charge in [0.2, 0.25) is 0 Å². The fourth-order valence-electron chi connectivity index (χ4n) is 2.86. The topological polar surface area (TPSA) is 109 Å². The molecule has 3 rings (SSSR count). The smallest absolute Gasteiger partial charge is 0.338 e. The Morgan fingerprint density at radius 1 is 1.31 bits per heavy atom. The van der Waals surface area contributed by atoms with Gasteiger partial charge in [0.15, 0.2) is 0 Å². The molecule has 1 aliphatic rings. The number of piperidine rings is 1. The van der Waals surface area contributed by atoms with E-state index in [-0.39, 0.29) is 23.3 Å². The van der Waals surface area contributed by atoms with Crippen LogP contribution in [0.4, 0.5) is 11.5 Å². The van der Waals surface area contributed by atoms with Crippen molar-refractivity contribution in [1.82, 2.24) is 4.98 Å². The van der Waals surface area contributed by atoms with Crippen LogP contribution >= 0.6 is 0 Å². The molecular formula is C18H16N4O4. The van der Waals surface area contributed by atoms with Crippen LogP contribution in [0.25, 0.3) is 0 Å². The third-order valence-electron chi connectivity index (χ3n) is 4.21. The molecular weight excluding hydrogens is 336 g/mol. The van der Waals surface area contributed by atoms with Gasteiger partial charge in [0.05, 0.1) is 10.5 Å². The van der Waals surface area contributed by atoms with E-state index in [0.29, 0.717) is 37.3 Å². The van der Waals surface area contributed by atoms with E-state index in [1.165, 1.54) is 6.07 Å². The number of benzene rings is 1. The average Bonchev–Trinajstić information content (AvgIpc) is 2.68. The Morgan fingerprint density at radius 3 is 2.62 bits per heavy atom. The van der Waals surface area contributed by atoms with Crippen LogP contribution in [0, 0.1) is 21.4 Å². The number of rotatable bonds is 4. The first-order valence-corrected chi connectivity index (χ1v) is 8.14. The first kappa shape index (κ1) is 17.4. The molecule has 2 aromatic rings. The maximum Gasteiger partial charge on any atom is 0.338 e. The van der Waals surface area contributed by atoms with E-state index >= 15 is 0 Å². The number of nitrogens with zero attached hydrogens (tertiary/aromatic N) is 4. The molecule has 0 bridgehead atoms. The molecule has 0 atom stereocenters. The van der Waals surface area contributed by atoms with Gasteiger partial charge in [-0.2, -0.15) is 5.26 Å². The zero-order valence-corrected chi connectivity index (χ0v) is 13.9. The van der Waals surface area contributed by atoms with Crippen molar-refractivity contribution in [2.24, 2.45) is 0 Å². The molecule has 1 fully saturated rings. The zero-order valence-electron chi connectivity index (χ0n) is 13.9. The lowest BCUT2D eigenvalue weighted by atomic mass is 10.1. The summed E-state index contributed by atoms with van der Waals surface area (Å²) in [6, 6.07) is 12.0. The van der Waals surface area contributed by atoms with Crippen LogP contribution in [-0.4, -0.2) is 35.1 Å². The molecule has 1 aliphatic heterocycles. The summed E-state index contributed by atoms with van der Waals surface area (Å²) in [6.45, 7) is 1.10. The lowest BCUT2D eigenvalue weighted by molar-refractivity contribution is -0.385. The van der Waals surface area contributed by atoms with Gasteiger partial charge in [-0.25, -0.2) is 9.78 Å². The number of nitro groups is 1. The van der Waals surface area contributed by atoms with E-state index in [4.69, 9.17) is 4.74 Å². The SMILES string of the molecule is N#Cc1cc([N+](=O)[O-])cnc1N1CCC(OC(=O)c2ccccc2)CC1. The molecule has 8 heteroatoms. The predicted octanol–water partition coefficient (Wildman–Crippen LogP) is 2.69. The number of hydrogen-bond donors (Lipinski definition) is 0. The Labute approximate surface area is 149 Å². The Bertz CT molecular complexity index is 855. The quantitative estimate of drug-likeness (QED) is 0.472. The summed E-state index contributed by atoms with van der Waals surface area (Å²) in [5.41, 5.74) is 0.467. The number of aromatic nitrogens is 1. The van der Waals surface area contributed by atoms with Gasteiger partial charge in [0.1, 0.15) is 29.8 Å². The van der Waals surface area contributed by atoms with Gasteiger partial charge in [0, 0.05) is 32.0 Å². The Hall–Kier alpha value is -3.47. The van der Waals surface area contributed by atoms with Crippen molar-refractivity contribution in [1.29, 1.82) is 5.26 Å². The van der Waals surface area contributed by atoms with Crippen LogP contribution in [0.1, 0.15) is 28.8 Å². The standard InChI is InChI=1S/C18H16N4O4/c19-11-14-10-15(22(24)25)12-20-17(14)21-8-6-16(7-9-21)26-18(23)13-4-2-1-3-5-13/h1-5,10,12,16H,6-9H2. The van der Waals surface area contributed by atoms with Crippen LogP contribution in [0.3, 0.4) is 0 Å². The van der Waals surface area contributed by atoms with Crippen LogP contribution in [-0.2, 0) is 4.74 Å². The highest BCUT2D eigenvalue weighted by atomic mass is 16.6. The van der Waals surface area contributed by atoms with Gasteiger partial charge >= 0.3 is 5.97 Å². The number of ether oxygens (including phenoxy) is 1. The molecule has 0 spiro atoms. The molecule has 0 aliphatic carbocycles. The summed E-state index contributed by atoms with van der Waals surface area (Å²) in [5.74, 6) is 0.0705. The molecule has 1 aromatic heterocycles. The fourth-order valence-corrected chi connectivity index (χ4v) is 2.86. The van der Waals surface area contributed by atoms with Crippen molar-refractivity contribution in [2.75, 3.05) is 18.0 Å². The normalized spacial score (nSPS) is 14.5. The number of pyridine rings is 1. The monoisotopic (exact) mass is 352 g/mol. The summed E-state index contributed by atoms with van der Waals surface area (Å²) in [4.78, 5) is 28.3. The molecule has 0 unspecified atom stereocenters. The van der Waals surface area contributed by atoms with E-state index < -0.39 is 4.92 Å². The van der Waals surface area contributed by atoms with E-state index in [0.717, 1.165) is 6.20 Å². The number of hydrogen-bond acceptors (Lipinski definition) is 7. The highest BCUT2D eigenvalue weighted by Crippen LogP contribution is 2.25. The van der Waals surface area contributed by atoms with E-state index in [9.17, 15) is 20.2 Å². The third-order valence-corrected chi connectivity index (χ3v) is 4.21. The van der Waals surface area contributed by atoms with Crippen molar-refractivity contribution < 1.29 is 14.5 Å². The first-order chi connectivity index (χ1) is 12.6. The van der Waals surface area contributed by atoms with Gasteiger partial charge < -0.3 is 9.64 Å². The van der Waals surface area contributed by atoms with E-state index in [2.05, 4.69) is 4.98 Å². The van der Waals surface area contributed by atoms with Gasteiger partial charge in [0.25, 0.3) is 5.69 Å². The highest BCUT2D eigenvalue weighted by molar-refractivity contribution is 5.89. The molecule has 0 radical (unpaired) electrons. The van der Waals surface area contributed by atoms with Gasteiger partial charge in [-0.15, -0.1) is 0 Å². The van der Waals surface area contributed by atoms with Crippen LogP contribution < -0.4 is 4.90 Å². The molecule has 2 heterocycles. The molecule has 1 saturated heterocycles. The Balaban J connectivity index is 1.63. The fraction of sp³-hybridized carbons (Fsp3) is 0.278. The first-order valence-electron chi connectivity index (χ1n) is 8.14. The number of carbonyl (C=O) groups excluding carboxylic acids is 1. The second-order valence-corrected chi connectivity index (χ2v) is 5.89. The Morgan fingerprint density at radius 2 is 2.00 bits per heavy atom. The Kier molecular flexibility index (Phi) is 5.08. The van der Waals surface area contributed by atoms with Crippen LogP contribution in [0.15, 0.2) is 42.6 Å². The minimum absolute atomic E-state index is 0.166. The van der Waals surface area contributed by atoms with Crippen molar-refractivity contribution in [3.05, 3.63) is 63.8 Å². The van der Waals surface area contributed by atoms with Crippen LogP contribution in [0.5, 0.6) is 0 Å². The van der Waals surface area contributed by atoms with Crippen LogP contribution in [0.2, 0.25) is 0 Å². The summed E-state index contributed by atoms with van der Waals surface area (Å²) >= 11 is 0. The third kappa shape index (κ3) is 3.78. The number of nitriles is 1. The van der Waals surface area contributed by atoms with E-state index in [1.807, 2.05) is 17.0 Å². The minimum atomic E-state index is -0.577. The van der Waals surface area contributed by atoms with Gasteiger partial charge in [-0.3, -0.25) is 10.1 Å². The number of anilines is 1. The highest BCUT2D eigenvalue weighted by Gasteiger charge is 2.25. The zero-order chi connectivity index (χ0) is 18.5. The second kappa shape index (κ2) is 7.61. The summed E-state index contributed by atoms with van der Waals surface area (Å²) < 4.78 is 5.53. The molecule has 26 heavy (non-hydrogen) atoms. The van der Waals surface area contributed by atoms with Gasteiger partial charge in [-0.1, -0.05) is 18.2 Å². The molecule has 0 saturated carbocycles.